The summed E-state index contributed by atoms with van der Waals surface area (Å²) < 4.78 is 4.96. The molecule has 0 aromatic rings. The molecule has 0 aliphatic carbocycles. The minimum atomic E-state index is -2.06. The lowest BCUT2D eigenvalue weighted by molar-refractivity contribution is -0.138. The average Bonchev–Trinajstić information content (AvgIpc) is 2.23. The Balaban J connectivity index is 5.05. The van der Waals surface area contributed by atoms with Crippen LogP contribution >= 0.6 is 34.8 Å². The smallest absolute Gasteiger partial charge is 0.306 e. The van der Waals surface area contributed by atoms with Crippen LogP contribution in [0.15, 0.2) is 11.6 Å². The first-order valence-corrected chi connectivity index (χ1v) is 11.3. The van der Waals surface area contributed by atoms with Crippen molar-refractivity contribution in [1.82, 2.24) is 0 Å². The first-order valence-electron chi connectivity index (χ1n) is 7.29. The van der Waals surface area contributed by atoms with E-state index >= 15 is 0 Å². The van der Waals surface area contributed by atoms with Crippen LogP contribution in [0.4, 0.5) is 0 Å². The first-order chi connectivity index (χ1) is 9.66. The number of carboxylic acid groups (broad SMARTS) is 1. The van der Waals surface area contributed by atoms with E-state index in [0.717, 1.165) is 5.57 Å². The van der Waals surface area contributed by atoms with Gasteiger partial charge in [0.1, 0.15) is 0 Å². The molecule has 0 aromatic heterocycles. The van der Waals surface area contributed by atoms with Gasteiger partial charge < -0.3 is 9.53 Å². The predicted octanol–water partition coefficient (Wildman–Crippen LogP) is 5.95. The zero-order chi connectivity index (χ0) is 17.8. The molecule has 0 aromatic carbocycles. The van der Waals surface area contributed by atoms with Crippen molar-refractivity contribution in [3.8, 4) is 0 Å². The van der Waals surface area contributed by atoms with Gasteiger partial charge in [-0.15, -0.1) is 0 Å². The molecule has 1 atom stereocenters. The highest BCUT2D eigenvalue weighted by Crippen LogP contribution is 2.38. The van der Waals surface area contributed by atoms with E-state index in [4.69, 9.17) is 44.3 Å². The minimum Gasteiger partial charge on any atom is -0.481 e. The summed E-state index contributed by atoms with van der Waals surface area (Å²) >= 11 is 17.2. The summed E-state index contributed by atoms with van der Waals surface area (Å²) in [6.07, 6.45) is 2.37. The summed E-state index contributed by atoms with van der Waals surface area (Å²) in [5, 5.41) is 9.15. The van der Waals surface area contributed by atoms with Gasteiger partial charge in [-0.1, -0.05) is 61.7 Å². The molecular formula is C15H27Cl3O3Si. The van der Waals surface area contributed by atoms with E-state index in [-0.39, 0.29) is 11.5 Å². The summed E-state index contributed by atoms with van der Waals surface area (Å²) in [4.78, 5) is 11.1. The molecule has 0 radical (unpaired) electrons. The highest BCUT2D eigenvalue weighted by molar-refractivity contribution is 6.74. The van der Waals surface area contributed by atoms with Crippen molar-refractivity contribution in [2.75, 3.05) is 0 Å². The van der Waals surface area contributed by atoms with E-state index < -0.39 is 24.2 Å². The third kappa shape index (κ3) is 8.78. The SMILES string of the molecule is C/C(=C/CCC(Cl)(Cl)Cl)[C@@H](CC(=O)O)O[Si](C)(C)C(C)(C)C. The van der Waals surface area contributed by atoms with Crippen LogP contribution in [0, 0.1) is 0 Å². The van der Waals surface area contributed by atoms with Crippen LogP contribution in [0.2, 0.25) is 18.1 Å². The van der Waals surface area contributed by atoms with Crippen molar-refractivity contribution < 1.29 is 14.3 Å². The molecule has 0 saturated carbocycles. The summed E-state index contributed by atoms with van der Waals surface area (Å²) in [6, 6.07) is 0. The highest BCUT2D eigenvalue weighted by atomic mass is 35.6. The fourth-order valence-electron chi connectivity index (χ4n) is 1.58. The lowest BCUT2D eigenvalue weighted by atomic mass is 10.1. The van der Waals surface area contributed by atoms with Crippen LogP contribution in [-0.4, -0.2) is 29.3 Å². The van der Waals surface area contributed by atoms with Gasteiger partial charge in [0.05, 0.1) is 12.5 Å². The number of carboxylic acids is 1. The molecule has 7 heteroatoms. The number of hydrogen-bond donors (Lipinski definition) is 1. The van der Waals surface area contributed by atoms with Crippen LogP contribution < -0.4 is 0 Å². The lowest BCUT2D eigenvalue weighted by Crippen LogP contribution is -2.44. The van der Waals surface area contributed by atoms with Crippen molar-refractivity contribution in [1.29, 1.82) is 0 Å². The molecule has 0 amide bonds. The van der Waals surface area contributed by atoms with Gasteiger partial charge >= 0.3 is 5.97 Å². The van der Waals surface area contributed by atoms with Crippen molar-refractivity contribution in [3.63, 3.8) is 0 Å². The van der Waals surface area contributed by atoms with Crippen LogP contribution in [0.3, 0.4) is 0 Å². The maximum Gasteiger partial charge on any atom is 0.306 e. The second-order valence-corrected chi connectivity index (χ2v) is 14.3. The molecule has 0 aliphatic heterocycles. The van der Waals surface area contributed by atoms with Crippen LogP contribution in [-0.2, 0) is 9.22 Å². The second-order valence-electron chi connectivity index (χ2n) is 7.07. The molecule has 130 valence electrons. The van der Waals surface area contributed by atoms with E-state index in [2.05, 4.69) is 33.9 Å². The Morgan fingerprint density at radius 3 is 2.14 bits per heavy atom. The summed E-state index contributed by atoms with van der Waals surface area (Å²) in [7, 11) is -2.06. The van der Waals surface area contributed by atoms with Crippen LogP contribution in [0.5, 0.6) is 0 Å². The Kier molecular flexibility index (Phi) is 8.48. The second kappa shape index (κ2) is 8.38. The Morgan fingerprint density at radius 2 is 1.77 bits per heavy atom. The van der Waals surface area contributed by atoms with E-state index in [1.807, 2.05) is 13.0 Å². The van der Waals surface area contributed by atoms with Crippen molar-refractivity contribution >= 4 is 49.1 Å². The maximum absolute atomic E-state index is 11.1. The number of allylic oxidation sites excluding steroid dienone is 1. The van der Waals surface area contributed by atoms with Gasteiger partial charge in [-0.2, -0.15) is 0 Å². The van der Waals surface area contributed by atoms with Gasteiger partial charge in [-0.3, -0.25) is 4.79 Å². The average molecular weight is 390 g/mol. The minimum absolute atomic E-state index is 0.0155. The Bertz CT molecular complexity index is 409. The largest absolute Gasteiger partial charge is 0.481 e. The molecule has 0 aliphatic rings. The number of aliphatic carboxylic acids is 1. The number of rotatable bonds is 7. The maximum atomic E-state index is 11.1. The van der Waals surface area contributed by atoms with Crippen molar-refractivity contribution in [3.05, 3.63) is 11.6 Å². The molecule has 0 fully saturated rings. The number of hydrogen-bond acceptors (Lipinski definition) is 2. The molecular weight excluding hydrogens is 363 g/mol. The zero-order valence-corrected chi connectivity index (χ0v) is 17.4. The summed E-state index contributed by atoms with van der Waals surface area (Å²) in [6.45, 7) is 12.5. The number of carbonyl (C=O) groups is 1. The molecule has 0 heterocycles. The Hall–Kier alpha value is 0.257. The Morgan fingerprint density at radius 1 is 1.27 bits per heavy atom. The van der Waals surface area contributed by atoms with E-state index in [1.165, 1.54) is 0 Å². The van der Waals surface area contributed by atoms with Gasteiger partial charge in [0.15, 0.2) is 12.1 Å². The monoisotopic (exact) mass is 388 g/mol. The lowest BCUT2D eigenvalue weighted by Gasteiger charge is -2.39. The first kappa shape index (κ1) is 22.3. The van der Waals surface area contributed by atoms with E-state index in [9.17, 15) is 4.79 Å². The molecule has 0 unspecified atom stereocenters. The number of alkyl halides is 3. The third-order valence-corrected chi connectivity index (χ3v) is 9.06. The molecule has 1 N–H and O–H groups in total. The molecule has 3 nitrogen and oxygen atoms in total. The van der Waals surface area contributed by atoms with Gasteiger partial charge in [-0.25, -0.2) is 0 Å². The van der Waals surface area contributed by atoms with Gasteiger partial charge in [0.25, 0.3) is 0 Å². The van der Waals surface area contributed by atoms with E-state index in [1.54, 1.807) is 0 Å². The predicted molar refractivity (Wildman–Crippen MR) is 97.6 cm³/mol. The third-order valence-electron chi connectivity index (χ3n) is 4.01. The zero-order valence-electron chi connectivity index (χ0n) is 14.2. The van der Waals surface area contributed by atoms with Crippen molar-refractivity contribution in [2.45, 2.75) is 75.0 Å². The Labute approximate surface area is 150 Å². The van der Waals surface area contributed by atoms with Crippen LogP contribution in [0.25, 0.3) is 0 Å². The molecule has 0 rings (SSSR count). The molecule has 0 bridgehead atoms. The van der Waals surface area contributed by atoms with Gasteiger partial charge in [0.2, 0.25) is 0 Å². The van der Waals surface area contributed by atoms with Gasteiger partial charge in [-0.05, 0) is 43.5 Å². The fraction of sp³-hybridized carbons (Fsp3) is 0.800. The highest BCUT2D eigenvalue weighted by Gasteiger charge is 2.39. The fourth-order valence-corrected chi connectivity index (χ4v) is 3.24. The van der Waals surface area contributed by atoms with Crippen molar-refractivity contribution in [2.24, 2.45) is 0 Å². The number of halogens is 3. The van der Waals surface area contributed by atoms with Gasteiger partial charge in [0, 0.05) is 0 Å². The topological polar surface area (TPSA) is 46.5 Å². The summed E-state index contributed by atoms with van der Waals surface area (Å²) in [5.41, 5.74) is 0.876. The van der Waals surface area contributed by atoms with E-state index in [0.29, 0.717) is 12.8 Å². The molecule has 22 heavy (non-hydrogen) atoms. The quantitative estimate of drug-likeness (QED) is 0.332. The summed E-state index contributed by atoms with van der Waals surface area (Å²) in [5.74, 6) is -0.877. The normalized spacial score (nSPS) is 15.8. The standard InChI is InChI=1S/C15H27Cl3O3Si/c1-11(8-7-9-15(16,17)18)12(10-13(19)20)21-22(5,6)14(2,3)4/h8,12H,7,9-10H2,1-6H3,(H,19,20)/b11-8-/t12-/m1/s1. The molecule has 0 spiro atoms. The van der Waals surface area contributed by atoms with Crippen LogP contribution in [0.1, 0.15) is 47.0 Å². The molecule has 0 saturated heterocycles.